The van der Waals surface area contributed by atoms with Gasteiger partial charge in [0.15, 0.2) is 5.52 Å². The van der Waals surface area contributed by atoms with Crippen molar-refractivity contribution in [1.82, 2.24) is 0 Å². The van der Waals surface area contributed by atoms with Gasteiger partial charge in [-0.1, -0.05) is 60.2 Å². The predicted octanol–water partition coefficient (Wildman–Crippen LogP) is 3.14. The third-order valence-electron chi connectivity index (χ3n) is 2.35. The highest BCUT2D eigenvalue weighted by atomic mass is 31.1. The van der Waals surface area contributed by atoms with Gasteiger partial charge in [-0.05, 0) is 20.8 Å². The first-order chi connectivity index (χ1) is 7.75. The summed E-state index contributed by atoms with van der Waals surface area (Å²) in [5, 5.41) is 1.09. The summed E-state index contributed by atoms with van der Waals surface area (Å²) in [5.41, 5.74) is 2.18. The number of rotatable bonds is 3. The first-order valence-corrected chi connectivity index (χ1v) is 6.19. The summed E-state index contributed by atoms with van der Waals surface area (Å²) < 4.78 is 0. The van der Waals surface area contributed by atoms with Crippen LogP contribution in [0.15, 0.2) is 54.6 Å². The molecule has 1 nitrogen and oxygen atoms in total. The van der Waals surface area contributed by atoms with Crippen molar-refractivity contribution in [3.05, 3.63) is 65.7 Å². The van der Waals surface area contributed by atoms with Crippen LogP contribution < -0.4 is 5.30 Å². The molecule has 0 radical (unpaired) electrons. The fourth-order valence-corrected chi connectivity index (χ4v) is 2.36. The molecule has 0 bridgehead atoms. The second kappa shape index (κ2) is 5.05. The lowest BCUT2D eigenvalue weighted by Gasteiger charge is -2.01. The Bertz CT molecular complexity index is 474. The van der Waals surface area contributed by atoms with E-state index in [4.69, 9.17) is 0 Å². The molecule has 80 valence electrons. The van der Waals surface area contributed by atoms with Crippen LogP contribution in [0.5, 0.6) is 0 Å². The summed E-state index contributed by atoms with van der Waals surface area (Å²) in [6.07, 6.45) is 0. The lowest BCUT2D eigenvalue weighted by atomic mass is 10.2. The molecular formula is C14H13OP. The van der Waals surface area contributed by atoms with Crippen molar-refractivity contribution < 1.29 is 4.79 Å². The average molecular weight is 228 g/mol. The van der Waals surface area contributed by atoms with Gasteiger partial charge in [-0.3, -0.25) is 4.79 Å². The Kier molecular flexibility index (Phi) is 3.48. The largest absolute Gasteiger partial charge is 0.289 e. The van der Waals surface area contributed by atoms with E-state index in [2.05, 4.69) is 0 Å². The van der Waals surface area contributed by atoms with Crippen molar-refractivity contribution in [3.8, 4) is 0 Å². The van der Waals surface area contributed by atoms with E-state index in [9.17, 15) is 4.79 Å². The van der Waals surface area contributed by atoms with E-state index in [1.165, 1.54) is 5.56 Å². The van der Waals surface area contributed by atoms with Crippen molar-refractivity contribution in [1.29, 1.82) is 0 Å². The fraction of sp³-hybridized carbons (Fsp3) is 0.0714. The SMILES string of the molecule is Cc1ccc(C(=O)Pc2ccccc2)cc1. The van der Waals surface area contributed by atoms with Crippen molar-refractivity contribution in [3.63, 3.8) is 0 Å². The van der Waals surface area contributed by atoms with Crippen molar-refractivity contribution in [2.24, 2.45) is 0 Å². The van der Waals surface area contributed by atoms with Gasteiger partial charge in [-0.2, -0.15) is 0 Å². The molecule has 2 aromatic carbocycles. The summed E-state index contributed by atoms with van der Waals surface area (Å²) in [6, 6.07) is 17.6. The van der Waals surface area contributed by atoms with Gasteiger partial charge in [-0.15, -0.1) is 0 Å². The summed E-state index contributed by atoms with van der Waals surface area (Å²) in [4.78, 5) is 11.9. The molecule has 0 aliphatic carbocycles. The van der Waals surface area contributed by atoms with Crippen LogP contribution in [0, 0.1) is 6.92 Å². The van der Waals surface area contributed by atoms with E-state index < -0.39 is 0 Å². The maximum Gasteiger partial charge on any atom is 0.185 e. The Labute approximate surface area is 97.3 Å². The maximum atomic E-state index is 11.9. The van der Waals surface area contributed by atoms with Gasteiger partial charge >= 0.3 is 0 Å². The Morgan fingerprint density at radius 1 is 0.938 bits per heavy atom. The first-order valence-electron chi connectivity index (χ1n) is 5.19. The lowest BCUT2D eigenvalue weighted by Crippen LogP contribution is -1.99. The fourth-order valence-electron chi connectivity index (χ4n) is 1.43. The van der Waals surface area contributed by atoms with Gasteiger partial charge in [0.1, 0.15) is 0 Å². The molecule has 0 spiro atoms. The minimum atomic E-state index is 0.200. The van der Waals surface area contributed by atoms with Gasteiger partial charge in [-0.25, -0.2) is 0 Å². The van der Waals surface area contributed by atoms with Gasteiger partial charge in [0, 0.05) is 5.56 Å². The topological polar surface area (TPSA) is 17.1 Å². The van der Waals surface area contributed by atoms with Crippen LogP contribution >= 0.6 is 8.58 Å². The van der Waals surface area contributed by atoms with Crippen LogP contribution in [-0.2, 0) is 0 Å². The van der Waals surface area contributed by atoms with Gasteiger partial charge in [0.05, 0.1) is 0 Å². The van der Waals surface area contributed by atoms with Crippen LogP contribution in [0.2, 0.25) is 0 Å². The molecule has 0 fully saturated rings. The molecule has 0 N–H and O–H groups in total. The highest BCUT2D eigenvalue weighted by Gasteiger charge is 2.05. The zero-order valence-corrected chi connectivity index (χ0v) is 10.1. The Balaban J connectivity index is 2.12. The lowest BCUT2D eigenvalue weighted by molar-refractivity contribution is 0.108. The molecule has 0 aliphatic rings. The minimum absolute atomic E-state index is 0.200. The van der Waals surface area contributed by atoms with Gasteiger partial charge in [0.2, 0.25) is 0 Å². The number of hydrogen-bond donors (Lipinski definition) is 0. The normalized spacial score (nSPS) is 10.8. The molecule has 2 aromatic rings. The molecule has 0 aliphatic heterocycles. The molecular weight excluding hydrogens is 215 g/mol. The number of carbonyl (C=O) groups excluding carboxylic acids is 1. The second-order valence-corrected chi connectivity index (χ2v) is 4.97. The monoisotopic (exact) mass is 228 g/mol. The Morgan fingerprint density at radius 2 is 1.56 bits per heavy atom. The maximum absolute atomic E-state index is 11.9. The van der Waals surface area contributed by atoms with E-state index in [1.807, 2.05) is 61.5 Å². The quantitative estimate of drug-likeness (QED) is 0.737. The average Bonchev–Trinajstić information content (AvgIpc) is 2.31. The van der Waals surface area contributed by atoms with Gasteiger partial charge < -0.3 is 0 Å². The summed E-state index contributed by atoms with van der Waals surface area (Å²) in [7, 11) is 0.214. The molecule has 1 atom stereocenters. The summed E-state index contributed by atoms with van der Waals surface area (Å²) >= 11 is 0. The molecule has 0 heterocycles. The predicted molar refractivity (Wildman–Crippen MR) is 69.9 cm³/mol. The smallest absolute Gasteiger partial charge is 0.185 e. The van der Waals surface area contributed by atoms with Crippen LogP contribution in [0.25, 0.3) is 0 Å². The molecule has 0 saturated heterocycles. The third kappa shape index (κ3) is 2.77. The molecule has 2 rings (SSSR count). The standard InChI is InChI=1S/C14H13OP/c1-11-7-9-12(10-8-11)14(15)16-13-5-3-2-4-6-13/h2-10,16H,1H3. The molecule has 16 heavy (non-hydrogen) atoms. The van der Waals surface area contributed by atoms with Crippen LogP contribution in [0.1, 0.15) is 15.9 Å². The zero-order chi connectivity index (χ0) is 11.4. The van der Waals surface area contributed by atoms with Crippen LogP contribution in [0.4, 0.5) is 0 Å². The number of benzene rings is 2. The second-order valence-electron chi connectivity index (χ2n) is 3.69. The molecule has 2 heteroatoms. The first kappa shape index (κ1) is 11.0. The molecule has 0 amide bonds. The van der Waals surface area contributed by atoms with E-state index in [1.54, 1.807) is 0 Å². The van der Waals surface area contributed by atoms with Crippen LogP contribution in [0.3, 0.4) is 0 Å². The molecule has 0 aromatic heterocycles. The number of aryl methyl sites for hydroxylation is 1. The summed E-state index contributed by atoms with van der Waals surface area (Å²) in [5.74, 6) is 0. The number of hydrogen-bond acceptors (Lipinski definition) is 1. The highest BCUT2D eigenvalue weighted by molar-refractivity contribution is 7.66. The minimum Gasteiger partial charge on any atom is -0.289 e. The van der Waals surface area contributed by atoms with E-state index in [0.717, 1.165) is 10.9 Å². The van der Waals surface area contributed by atoms with Crippen molar-refractivity contribution >= 4 is 19.4 Å². The highest BCUT2D eigenvalue weighted by Crippen LogP contribution is 2.18. The van der Waals surface area contributed by atoms with E-state index in [-0.39, 0.29) is 14.1 Å². The van der Waals surface area contributed by atoms with Crippen LogP contribution in [-0.4, -0.2) is 5.52 Å². The number of carbonyl (C=O) groups is 1. The van der Waals surface area contributed by atoms with Gasteiger partial charge in [0.25, 0.3) is 0 Å². The third-order valence-corrected chi connectivity index (χ3v) is 3.48. The van der Waals surface area contributed by atoms with Crippen molar-refractivity contribution in [2.45, 2.75) is 6.92 Å². The van der Waals surface area contributed by atoms with E-state index >= 15 is 0 Å². The van der Waals surface area contributed by atoms with Crippen molar-refractivity contribution in [2.75, 3.05) is 0 Å². The van der Waals surface area contributed by atoms with E-state index in [0.29, 0.717) is 0 Å². The molecule has 0 saturated carbocycles. The zero-order valence-electron chi connectivity index (χ0n) is 9.10. The summed E-state index contributed by atoms with van der Waals surface area (Å²) in [6.45, 7) is 2.02. The Morgan fingerprint density at radius 3 is 2.19 bits per heavy atom. The Hall–Kier alpha value is -1.46. The molecule has 1 unspecified atom stereocenters.